The molecule has 6 rings (SSSR count). The fourth-order valence-electron chi connectivity index (χ4n) is 7.68. The zero-order chi connectivity index (χ0) is 40.8. The Hall–Kier alpha value is -6.14. The summed E-state index contributed by atoms with van der Waals surface area (Å²) >= 11 is 0. The molecule has 0 aliphatic carbocycles. The first-order valence-electron chi connectivity index (χ1n) is 19.1. The number of ketones is 1. The molecule has 0 saturated carbocycles. The highest BCUT2D eigenvalue weighted by Crippen LogP contribution is 2.49. The number of β-lactam (4-membered cyclic amide) rings is 1. The first-order valence-corrected chi connectivity index (χ1v) is 19.1. The van der Waals surface area contributed by atoms with Gasteiger partial charge in [0.15, 0.2) is 17.3 Å². The molecule has 0 radical (unpaired) electrons. The van der Waals surface area contributed by atoms with Crippen molar-refractivity contribution < 1.29 is 38.3 Å². The molecule has 0 aromatic heterocycles. The average molecular weight is 774 g/mol. The fourth-order valence-corrected chi connectivity index (χ4v) is 7.68. The third-order valence-corrected chi connectivity index (χ3v) is 10.7. The van der Waals surface area contributed by atoms with Crippen molar-refractivity contribution in [1.82, 2.24) is 9.80 Å². The number of Topliss-reactive ketones (excluding diaryl/α,β-unsaturated/α-hetero) is 1. The Morgan fingerprint density at radius 2 is 1.47 bits per heavy atom. The van der Waals surface area contributed by atoms with Crippen molar-refractivity contribution in [2.45, 2.75) is 59.8 Å². The number of carbonyl (C=O) groups is 4. The highest BCUT2D eigenvalue weighted by Gasteiger charge is 2.59. The molecule has 1 fully saturated rings. The molecule has 12 nitrogen and oxygen atoms in total. The SMILES string of the molecule is Cc1c(C(=O)CCCN(C)CC2=C(C(=O)OC(=O)c3ccc([N+](=O)[O-])cc3)N3C(=O)[C@H](C(C)C)[C@H]3[C@H]2C)ccc(OCc2ccccc2)c1OCc1ccccc1. The Bertz CT molecular complexity index is 2170. The van der Waals surface area contributed by atoms with Gasteiger partial charge >= 0.3 is 11.9 Å². The molecule has 4 aromatic carbocycles. The molecule has 0 unspecified atom stereocenters. The molecular weight excluding hydrogens is 727 g/mol. The molecule has 57 heavy (non-hydrogen) atoms. The van der Waals surface area contributed by atoms with Crippen LogP contribution in [0.4, 0.5) is 5.69 Å². The second-order valence-electron chi connectivity index (χ2n) is 15.0. The van der Waals surface area contributed by atoms with Crippen LogP contribution in [0, 0.1) is 34.8 Å². The molecule has 0 spiro atoms. The topological polar surface area (TPSA) is 146 Å². The summed E-state index contributed by atoms with van der Waals surface area (Å²) < 4.78 is 17.8. The summed E-state index contributed by atoms with van der Waals surface area (Å²) in [5.41, 5.74) is 3.72. The highest BCUT2D eigenvalue weighted by atomic mass is 16.6. The summed E-state index contributed by atoms with van der Waals surface area (Å²) in [4.78, 5) is 67.6. The minimum Gasteiger partial charge on any atom is -0.485 e. The maximum atomic E-state index is 13.7. The van der Waals surface area contributed by atoms with E-state index in [1.807, 2.05) is 100 Å². The van der Waals surface area contributed by atoms with Crippen molar-refractivity contribution in [3.05, 3.63) is 146 Å². The quantitative estimate of drug-likeness (QED) is 0.0261. The van der Waals surface area contributed by atoms with Crippen molar-refractivity contribution in [1.29, 1.82) is 0 Å². The lowest BCUT2D eigenvalue weighted by Gasteiger charge is -2.47. The summed E-state index contributed by atoms with van der Waals surface area (Å²) in [7, 11) is 1.88. The van der Waals surface area contributed by atoms with Crippen LogP contribution in [0.2, 0.25) is 0 Å². The zero-order valence-electron chi connectivity index (χ0n) is 32.8. The van der Waals surface area contributed by atoms with Gasteiger partial charge in [0.1, 0.15) is 18.9 Å². The van der Waals surface area contributed by atoms with Crippen LogP contribution in [-0.2, 0) is 27.5 Å². The number of nitro groups is 1. The number of non-ortho nitro benzene ring substituents is 1. The molecule has 3 atom stereocenters. The van der Waals surface area contributed by atoms with Gasteiger partial charge in [-0.3, -0.25) is 19.7 Å². The van der Waals surface area contributed by atoms with Crippen LogP contribution in [0.15, 0.2) is 108 Å². The second kappa shape index (κ2) is 17.8. The van der Waals surface area contributed by atoms with E-state index in [0.717, 1.165) is 23.3 Å². The van der Waals surface area contributed by atoms with E-state index in [2.05, 4.69) is 0 Å². The second-order valence-corrected chi connectivity index (χ2v) is 15.0. The van der Waals surface area contributed by atoms with E-state index in [0.29, 0.717) is 60.9 Å². The Kier molecular flexibility index (Phi) is 12.6. The van der Waals surface area contributed by atoms with Crippen LogP contribution in [-0.4, -0.2) is 64.5 Å². The molecule has 12 heteroatoms. The van der Waals surface area contributed by atoms with E-state index in [1.165, 1.54) is 17.0 Å². The first-order chi connectivity index (χ1) is 27.3. The lowest BCUT2D eigenvalue weighted by molar-refractivity contribution is -0.384. The normalized spacial score (nSPS) is 17.4. The van der Waals surface area contributed by atoms with E-state index in [4.69, 9.17) is 14.2 Å². The van der Waals surface area contributed by atoms with Crippen molar-refractivity contribution in [2.24, 2.45) is 17.8 Å². The Morgan fingerprint density at radius 1 is 0.860 bits per heavy atom. The van der Waals surface area contributed by atoms with Crippen molar-refractivity contribution in [2.75, 3.05) is 20.1 Å². The van der Waals surface area contributed by atoms with E-state index < -0.39 is 16.9 Å². The van der Waals surface area contributed by atoms with Crippen molar-refractivity contribution in [3.8, 4) is 11.5 Å². The largest absolute Gasteiger partial charge is 0.485 e. The molecule has 2 aliphatic rings. The summed E-state index contributed by atoms with van der Waals surface area (Å²) in [5, 5.41) is 11.1. The molecule has 0 bridgehead atoms. The summed E-state index contributed by atoms with van der Waals surface area (Å²) in [6, 6.07) is 27.7. The monoisotopic (exact) mass is 773 g/mol. The van der Waals surface area contributed by atoms with Gasteiger partial charge in [0.25, 0.3) is 5.69 Å². The molecule has 0 N–H and O–H groups in total. The highest BCUT2D eigenvalue weighted by molar-refractivity contribution is 6.06. The van der Waals surface area contributed by atoms with E-state index in [1.54, 1.807) is 12.1 Å². The maximum absolute atomic E-state index is 13.7. The van der Waals surface area contributed by atoms with E-state index >= 15 is 0 Å². The van der Waals surface area contributed by atoms with Gasteiger partial charge in [-0.25, -0.2) is 9.59 Å². The van der Waals surface area contributed by atoms with Gasteiger partial charge in [0.2, 0.25) is 5.91 Å². The predicted octanol–water partition coefficient (Wildman–Crippen LogP) is 7.73. The zero-order valence-corrected chi connectivity index (χ0v) is 32.8. The van der Waals surface area contributed by atoms with Gasteiger partial charge in [-0.05, 0) is 73.8 Å². The molecule has 2 aliphatic heterocycles. The third-order valence-electron chi connectivity index (χ3n) is 10.7. The summed E-state index contributed by atoms with van der Waals surface area (Å²) in [6.45, 7) is 9.24. The van der Waals surface area contributed by atoms with Gasteiger partial charge in [-0.2, -0.15) is 0 Å². The number of amides is 1. The van der Waals surface area contributed by atoms with Crippen LogP contribution >= 0.6 is 0 Å². The van der Waals surface area contributed by atoms with Crippen LogP contribution in [0.1, 0.15) is 71.0 Å². The number of hydrogen-bond acceptors (Lipinski definition) is 10. The number of nitrogens with zero attached hydrogens (tertiary/aromatic N) is 3. The summed E-state index contributed by atoms with van der Waals surface area (Å²) in [5.74, 6) is -1.52. The lowest BCUT2D eigenvalue weighted by Crippen LogP contribution is -2.62. The molecule has 1 amide bonds. The third kappa shape index (κ3) is 8.97. The van der Waals surface area contributed by atoms with E-state index in [-0.39, 0.29) is 58.9 Å². The van der Waals surface area contributed by atoms with Crippen LogP contribution in [0.5, 0.6) is 11.5 Å². The Morgan fingerprint density at radius 3 is 2.07 bits per heavy atom. The number of likely N-dealkylation sites (N-methyl/N-ethyl adjacent to an activating group) is 1. The average Bonchev–Trinajstić information content (AvgIpc) is 3.43. The number of benzene rings is 4. The number of ether oxygens (including phenoxy) is 3. The van der Waals surface area contributed by atoms with Crippen LogP contribution < -0.4 is 9.47 Å². The van der Waals surface area contributed by atoms with Crippen LogP contribution in [0.3, 0.4) is 0 Å². The number of nitro benzene ring substituents is 1. The fraction of sp³-hybridized carbons (Fsp3) is 0.333. The Labute approximate surface area is 332 Å². The van der Waals surface area contributed by atoms with Gasteiger partial charge in [0, 0.05) is 42.1 Å². The molecule has 296 valence electrons. The standard InChI is InChI=1S/C45H47N3O9/c1-28(2)39-40-29(3)36(41(47(40)43(39)50)45(52)57-44(51)33-18-20-34(21-19-33)48(53)54)25-46(5)24-12-17-37(49)35-22-23-38(55-26-31-13-8-6-9-14-31)42(30(35)4)56-27-32-15-10-7-11-16-32/h6-11,13-16,18-23,28-29,39-40H,12,17,24-27H2,1-5H3/t29-,39+,40+/m0/s1. The van der Waals surface area contributed by atoms with Gasteiger partial charge in [-0.1, -0.05) is 81.4 Å². The Balaban J connectivity index is 1.14. The smallest absolute Gasteiger partial charge is 0.362 e. The predicted molar refractivity (Wildman–Crippen MR) is 212 cm³/mol. The van der Waals surface area contributed by atoms with Gasteiger partial charge < -0.3 is 24.0 Å². The molecular formula is C45H47N3O9. The van der Waals surface area contributed by atoms with Gasteiger partial charge in [0.05, 0.1) is 22.4 Å². The maximum Gasteiger partial charge on any atom is 0.362 e. The number of fused-ring (bicyclic) bond motifs is 1. The molecule has 4 aromatic rings. The minimum atomic E-state index is -0.974. The van der Waals surface area contributed by atoms with Crippen molar-refractivity contribution >= 4 is 29.3 Å². The number of carbonyl (C=O) groups excluding carboxylic acids is 4. The van der Waals surface area contributed by atoms with Gasteiger partial charge in [-0.15, -0.1) is 0 Å². The number of esters is 2. The molecule has 1 saturated heterocycles. The molecule has 2 heterocycles. The van der Waals surface area contributed by atoms with E-state index in [9.17, 15) is 29.3 Å². The lowest BCUT2D eigenvalue weighted by atomic mass is 9.74. The van der Waals surface area contributed by atoms with Crippen molar-refractivity contribution in [3.63, 3.8) is 0 Å². The summed E-state index contributed by atoms with van der Waals surface area (Å²) in [6.07, 6.45) is 0.769. The minimum absolute atomic E-state index is 0.0325. The van der Waals surface area contributed by atoms with Crippen LogP contribution in [0.25, 0.3) is 0 Å². The first kappa shape index (κ1) is 40.5. The number of rotatable bonds is 17. The number of hydrogen-bond donors (Lipinski definition) is 0.